The highest BCUT2D eigenvalue weighted by Crippen LogP contribution is 2.18. The topological polar surface area (TPSA) is 148 Å². The molecule has 0 aliphatic rings. The van der Waals surface area contributed by atoms with Crippen molar-refractivity contribution in [2.24, 2.45) is 0 Å². The Morgan fingerprint density at radius 3 is 1.51 bits per heavy atom. The smallest absolute Gasteiger partial charge is 0.326 e. The number of aliphatic carboxylic acids is 1. The summed E-state index contributed by atoms with van der Waals surface area (Å²) in [5.41, 5.74) is 1.58. The second-order valence-electron chi connectivity index (χ2n) is 17.8. The Hall–Kier alpha value is -3.86. The molecule has 0 radical (unpaired) electrons. The third-order valence-electron chi connectivity index (χ3n) is 11.8. The number of rotatable bonds is 42. The molecule has 2 aromatic carbocycles. The molecule has 0 heterocycles. The van der Waals surface area contributed by atoms with Crippen molar-refractivity contribution in [3.8, 4) is 0 Å². The van der Waals surface area contributed by atoms with Crippen LogP contribution in [0.4, 0.5) is 5.69 Å². The molecule has 0 spiro atoms. The molecule has 11 heteroatoms. The van der Waals surface area contributed by atoms with Crippen LogP contribution in [0.3, 0.4) is 0 Å². The Morgan fingerprint density at radius 2 is 1.03 bits per heavy atom. The molecule has 2 unspecified atom stereocenters. The average Bonchev–Trinajstić information content (AvgIpc) is 3.30. The van der Waals surface area contributed by atoms with Crippen LogP contribution in [0.15, 0.2) is 54.6 Å². The SMILES string of the molecule is CCCCCCCCCCCCCCCC(=O)OCC(CSCCC(=O)Nc1ccc(C(=O)NC(Cc2ccccc2)C(=O)O)cc1)OC(=O)CCCCCCCCCCCCCCC. The first-order chi connectivity index (χ1) is 31.7. The maximum atomic E-state index is 12.9. The number of ether oxygens (including phenoxy) is 2. The second kappa shape index (κ2) is 39.3. The quantitative estimate of drug-likeness (QED) is 0.0437. The molecule has 0 aliphatic carbocycles. The lowest BCUT2D eigenvalue weighted by atomic mass is 10.0. The van der Waals surface area contributed by atoms with Gasteiger partial charge in [-0.2, -0.15) is 11.8 Å². The lowest BCUT2D eigenvalue weighted by Crippen LogP contribution is -2.42. The van der Waals surface area contributed by atoms with Crippen LogP contribution in [0.5, 0.6) is 0 Å². The number of amides is 2. The molecule has 2 aromatic rings. The number of esters is 2. The van der Waals surface area contributed by atoms with Gasteiger partial charge in [-0.15, -0.1) is 0 Å². The fraction of sp³-hybridized carbons (Fsp3) is 0.685. The van der Waals surface area contributed by atoms with Gasteiger partial charge in [-0.1, -0.05) is 198 Å². The van der Waals surface area contributed by atoms with Crippen LogP contribution in [0.1, 0.15) is 216 Å². The Morgan fingerprint density at radius 1 is 0.569 bits per heavy atom. The number of benzene rings is 2. The van der Waals surface area contributed by atoms with Crippen molar-refractivity contribution in [1.29, 1.82) is 0 Å². The highest BCUT2D eigenvalue weighted by Gasteiger charge is 2.22. The van der Waals surface area contributed by atoms with Gasteiger partial charge in [0.25, 0.3) is 5.91 Å². The van der Waals surface area contributed by atoms with Gasteiger partial charge >= 0.3 is 17.9 Å². The zero-order valence-electron chi connectivity index (χ0n) is 40.4. The summed E-state index contributed by atoms with van der Waals surface area (Å²) in [6.45, 7) is 4.51. The second-order valence-corrected chi connectivity index (χ2v) is 18.9. The maximum absolute atomic E-state index is 12.9. The summed E-state index contributed by atoms with van der Waals surface area (Å²) in [4.78, 5) is 63.0. The first-order valence-electron chi connectivity index (χ1n) is 25.6. The molecule has 2 rings (SSSR count). The summed E-state index contributed by atoms with van der Waals surface area (Å²) in [6.07, 6.45) is 32.5. The molecule has 0 aliphatic heterocycles. The number of thioether (sulfide) groups is 1. The summed E-state index contributed by atoms with van der Waals surface area (Å²) in [7, 11) is 0. The summed E-state index contributed by atoms with van der Waals surface area (Å²) < 4.78 is 11.4. The highest BCUT2D eigenvalue weighted by molar-refractivity contribution is 7.99. The first kappa shape index (κ1) is 57.3. The van der Waals surface area contributed by atoms with Crippen molar-refractivity contribution in [1.82, 2.24) is 5.32 Å². The van der Waals surface area contributed by atoms with Gasteiger partial charge in [-0.25, -0.2) is 4.79 Å². The summed E-state index contributed by atoms with van der Waals surface area (Å²) in [5, 5.41) is 15.1. The van der Waals surface area contributed by atoms with Gasteiger partial charge in [0.2, 0.25) is 5.91 Å². The summed E-state index contributed by atoms with van der Waals surface area (Å²) >= 11 is 1.46. The number of carboxylic acid groups (broad SMARTS) is 1. The van der Waals surface area contributed by atoms with E-state index in [1.165, 1.54) is 152 Å². The van der Waals surface area contributed by atoms with Gasteiger partial charge in [0.15, 0.2) is 0 Å². The number of carbonyl (C=O) groups excluding carboxylic acids is 4. The maximum Gasteiger partial charge on any atom is 0.326 e. The number of hydrogen-bond acceptors (Lipinski definition) is 8. The van der Waals surface area contributed by atoms with E-state index in [2.05, 4.69) is 24.5 Å². The largest absolute Gasteiger partial charge is 0.480 e. The van der Waals surface area contributed by atoms with Crippen molar-refractivity contribution in [3.05, 3.63) is 65.7 Å². The van der Waals surface area contributed by atoms with Crippen molar-refractivity contribution < 1.29 is 38.6 Å². The number of carboxylic acids is 1. The minimum absolute atomic E-state index is 0.000209. The third-order valence-corrected chi connectivity index (χ3v) is 12.9. The molecule has 0 saturated heterocycles. The van der Waals surface area contributed by atoms with Crippen LogP contribution in [-0.4, -0.2) is 65.1 Å². The molecule has 0 saturated carbocycles. The van der Waals surface area contributed by atoms with E-state index in [1.807, 2.05) is 30.3 Å². The van der Waals surface area contributed by atoms with Gasteiger partial charge < -0.3 is 25.2 Å². The molecule has 366 valence electrons. The molecule has 2 atom stereocenters. The van der Waals surface area contributed by atoms with Crippen molar-refractivity contribution >= 4 is 47.2 Å². The molecular weight excluding hydrogens is 837 g/mol. The molecule has 0 bridgehead atoms. The Labute approximate surface area is 397 Å². The number of nitrogens with one attached hydrogen (secondary N) is 2. The minimum atomic E-state index is -1.13. The van der Waals surface area contributed by atoms with Crippen molar-refractivity contribution in [2.75, 3.05) is 23.4 Å². The Kier molecular flexibility index (Phi) is 34.6. The molecule has 2 amide bonds. The summed E-state index contributed by atoms with van der Waals surface area (Å²) in [6, 6.07) is 14.3. The van der Waals surface area contributed by atoms with E-state index >= 15 is 0 Å². The van der Waals surface area contributed by atoms with Gasteiger partial charge in [0, 0.05) is 48.4 Å². The van der Waals surface area contributed by atoms with Crippen LogP contribution in [0, 0.1) is 0 Å². The first-order valence-corrected chi connectivity index (χ1v) is 26.8. The fourth-order valence-corrected chi connectivity index (χ4v) is 8.72. The van der Waals surface area contributed by atoms with Crippen LogP contribution in [0.2, 0.25) is 0 Å². The van der Waals surface area contributed by atoms with E-state index in [1.54, 1.807) is 12.1 Å². The molecular formula is C54H86N2O8S. The monoisotopic (exact) mass is 923 g/mol. The summed E-state index contributed by atoms with van der Waals surface area (Å²) in [5.74, 6) is -1.56. The Balaban J connectivity index is 1.73. The van der Waals surface area contributed by atoms with E-state index in [9.17, 15) is 29.1 Å². The van der Waals surface area contributed by atoms with E-state index in [0.717, 1.165) is 44.1 Å². The van der Waals surface area contributed by atoms with E-state index in [4.69, 9.17) is 9.47 Å². The van der Waals surface area contributed by atoms with Crippen molar-refractivity contribution in [2.45, 2.75) is 219 Å². The van der Waals surface area contributed by atoms with Gasteiger partial charge in [-0.3, -0.25) is 19.2 Å². The average molecular weight is 923 g/mol. The Bertz CT molecular complexity index is 1540. The number of unbranched alkanes of at least 4 members (excludes halogenated alkanes) is 24. The molecule has 0 aromatic heterocycles. The molecule has 0 fully saturated rings. The lowest BCUT2D eigenvalue weighted by Gasteiger charge is -2.18. The van der Waals surface area contributed by atoms with Gasteiger partial charge in [0.05, 0.1) is 0 Å². The zero-order chi connectivity index (χ0) is 47.0. The normalized spacial score (nSPS) is 12.0. The van der Waals surface area contributed by atoms with Crippen LogP contribution in [-0.2, 0) is 35.1 Å². The third kappa shape index (κ3) is 31.7. The predicted molar refractivity (Wildman–Crippen MR) is 268 cm³/mol. The fourth-order valence-electron chi connectivity index (χ4n) is 7.79. The van der Waals surface area contributed by atoms with Gasteiger partial charge in [0.1, 0.15) is 18.8 Å². The number of carbonyl (C=O) groups is 5. The van der Waals surface area contributed by atoms with Crippen LogP contribution >= 0.6 is 11.8 Å². The van der Waals surface area contributed by atoms with E-state index < -0.39 is 24.0 Å². The number of hydrogen-bond donors (Lipinski definition) is 3. The lowest BCUT2D eigenvalue weighted by molar-refractivity contribution is -0.157. The van der Waals surface area contributed by atoms with E-state index in [0.29, 0.717) is 30.0 Å². The minimum Gasteiger partial charge on any atom is -0.480 e. The number of anilines is 1. The standard InChI is InChI=1S/C54H86N2O8S/c1-3-5-7-9-11-13-15-17-19-21-23-25-30-34-51(58)63-43-48(64-52(59)35-31-26-24-22-20-18-16-14-12-10-8-6-4-2)44-65-41-40-50(57)55-47-38-36-46(37-39-47)53(60)56-49(54(61)62)42-45-32-28-27-29-33-45/h27-29,32-33,36-39,48-49H,3-26,30-31,34-35,40-44H2,1-2H3,(H,55,57)(H,56,60)(H,61,62). The zero-order valence-corrected chi connectivity index (χ0v) is 41.2. The van der Waals surface area contributed by atoms with Crippen LogP contribution < -0.4 is 10.6 Å². The molecule has 65 heavy (non-hydrogen) atoms. The van der Waals surface area contributed by atoms with E-state index in [-0.39, 0.29) is 42.9 Å². The molecule has 10 nitrogen and oxygen atoms in total. The van der Waals surface area contributed by atoms with Crippen LogP contribution in [0.25, 0.3) is 0 Å². The van der Waals surface area contributed by atoms with Crippen molar-refractivity contribution in [3.63, 3.8) is 0 Å². The molecule has 3 N–H and O–H groups in total. The predicted octanol–water partition coefficient (Wildman–Crippen LogP) is 13.6. The van der Waals surface area contributed by atoms with Gasteiger partial charge in [-0.05, 0) is 42.7 Å². The highest BCUT2D eigenvalue weighted by atomic mass is 32.2.